The van der Waals surface area contributed by atoms with Crippen LogP contribution < -0.4 is 16.4 Å². The Hall–Kier alpha value is -2.11. The van der Waals surface area contributed by atoms with E-state index in [1.54, 1.807) is 12.3 Å². The van der Waals surface area contributed by atoms with E-state index in [-0.39, 0.29) is 18.9 Å². The Labute approximate surface area is 98.6 Å². The van der Waals surface area contributed by atoms with Gasteiger partial charge in [-0.05, 0) is 18.6 Å². The number of aryl methyl sites for hydroxylation is 1. The van der Waals surface area contributed by atoms with Gasteiger partial charge in [0.1, 0.15) is 0 Å². The smallest absolute Gasteiger partial charge is 0.229 e. The van der Waals surface area contributed by atoms with Crippen LogP contribution in [-0.2, 0) is 9.59 Å². The molecule has 1 unspecified atom stereocenters. The van der Waals surface area contributed by atoms with E-state index in [0.717, 1.165) is 5.56 Å². The van der Waals surface area contributed by atoms with Crippen LogP contribution in [0.3, 0.4) is 0 Å². The molecule has 17 heavy (non-hydrogen) atoms. The van der Waals surface area contributed by atoms with E-state index in [1.165, 1.54) is 4.90 Å². The molecule has 1 atom stereocenters. The second-order valence-electron chi connectivity index (χ2n) is 4.17. The number of anilines is 2. The number of nitrogen functional groups attached to an aromatic ring is 1. The highest BCUT2D eigenvalue weighted by molar-refractivity contribution is 6.01. The molecular formula is C11H14N4O2. The average molecular weight is 234 g/mol. The summed E-state index contributed by atoms with van der Waals surface area (Å²) in [6.07, 6.45) is 1.72. The summed E-state index contributed by atoms with van der Waals surface area (Å²) in [4.78, 5) is 28.4. The quantitative estimate of drug-likeness (QED) is 0.740. The van der Waals surface area contributed by atoms with Gasteiger partial charge in [0.05, 0.1) is 11.6 Å². The van der Waals surface area contributed by atoms with Crippen molar-refractivity contribution in [3.8, 4) is 0 Å². The minimum absolute atomic E-state index is 0.129. The lowest BCUT2D eigenvalue weighted by Gasteiger charge is -2.17. The fraction of sp³-hybridized carbons (Fsp3) is 0.364. The highest BCUT2D eigenvalue weighted by Gasteiger charge is 2.35. The van der Waals surface area contributed by atoms with Crippen molar-refractivity contribution in [2.24, 2.45) is 11.7 Å². The fourth-order valence-corrected chi connectivity index (χ4v) is 1.87. The minimum Gasteiger partial charge on any atom is -0.396 e. The van der Waals surface area contributed by atoms with Gasteiger partial charge < -0.3 is 11.5 Å². The number of nitrogens with two attached hydrogens (primary N) is 2. The third kappa shape index (κ3) is 1.93. The average Bonchev–Trinajstić information content (AvgIpc) is 2.65. The Morgan fingerprint density at radius 3 is 2.88 bits per heavy atom. The monoisotopic (exact) mass is 234 g/mol. The maximum atomic E-state index is 11.8. The van der Waals surface area contributed by atoms with Crippen molar-refractivity contribution in [2.45, 2.75) is 13.3 Å². The molecule has 1 aliphatic heterocycles. The first-order chi connectivity index (χ1) is 8.00. The number of carbonyl (C=O) groups is 2. The van der Waals surface area contributed by atoms with Crippen LogP contribution >= 0.6 is 0 Å². The second-order valence-corrected chi connectivity index (χ2v) is 4.17. The predicted octanol–water partition coefficient (Wildman–Crippen LogP) is -0.190. The zero-order chi connectivity index (χ0) is 12.6. The first kappa shape index (κ1) is 11.4. The van der Waals surface area contributed by atoms with Crippen molar-refractivity contribution in [2.75, 3.05) is 17.2 Å². The van der Waals surface area contributed by atoms with Gasteiger partial charge in [-0.15, -0.1) is 0 Å². The molecule has 2 amide bonds. The van der Waals surface area contributed by atoms with E-state index >= 15 is 0 Å². The van der Waals surface area contributed by atoms with E-state index < -0.39 is 11.8 Å². The second kappa shape index (κ2) is 4.04. The molecule has 0 saturated carbocycles. The van der Waals surface area contributed by atoms with Gasteiger partial charge in [-0.25, -0.2) is 4.98 Å². The van der Waals surface area contributed by atoms with Crippen molar-refractivity contribution < 1.29 is 9.59 Å². The van der Waals surface area contributed by atoms with Crippen molar-refractivity contribution >= 4 is 23.3 Å². The lowest BCUT2D eigenvalue weighted by molar-refractivity contribution is -0.123. The number of hydrogen-bond donors (Lipinski definition) is 2. The number of rotatable bonds is 2. The van der Waals surface area contributed by atoms with Crippen LogP contribution in [0, 0.1) is 12.8 Å². The Morgan fingerprint density at radius 2 is 2.29 bits per heavy atom. The standard InChI is InChI=1S/C11H14N4O2/c1-6-2-3-14-11(9(6)12)15-5-7(10(13)17)4-8(15)16/h2-3,7H,4-5,12H2,1H3,(H2,13,17). The van der Waals surface area contributed by atoms with Gasteiger partial charge in [0.2, 0.25) is 11.8 Å². The number of hydrogen-bond acceptors (Lipinski definition) is 4. The highest BCUT2D eigenvalue weighted by Crippen LogP contribution is 2.29. The molecule has 0 radical (unpaired) electrons. The number of primary amides is 1. The summed E-state index contributed by atoms with van der Waals surface area (Å²) in [6.45, 7) is 2.10. The van der Waals surface area contributed by atoms with Crippen LogP contribution in [0.1, 0.15) is 12.0 Å². The molecule has 1 aliphatic rings. The summed E-state index contributed by atoms with van der Waals surface area (Å²) in [5.74, 6) is -0.673. The molecule has 0 aliphatic carbocycles. The summed E-state index contributed by atoms with van der Waals surface area (Å²) in [7, 11) is 0. The maximum absolute atomic E-state index is 11.8. The van der Waals surface area contributed by atoms with Crippen LogP contribution in [0.2, 0.25) is 0 Å². The van der Waals surface area contributed by atoms with Gasteiger partial charge in [-0.3, -0.25) is 14.5 Å². The Balaban J connectivity index is 2.32. The summed E-state index contributed by atoms with van der Waals surface area (Å²) in [5, 5.41) is 0. The van der Waals surface area contributed by atoms with E-state index in [0.29, 0.717) is 11.5 Å². The molecule has 2 heterocycles. The summed E-state index contributed by atoms with van der Waals surface area (Å²) in [6, 6.07) is 1.77. The van der Waals surface area contributed by atoms with Gasteiger partial charge in [0.25, 0.3) is 0 Å². The molecule has 0 aromatic carbocycles. The third-order valence-electron chi connectivity index (χ3n) is 2.97. The highest BCUT2D eigenvalue weighted by atomic mass is 16.2. The number of carbonyl (C=O) groups excluding carboxylic acids is 2. The van der Waals surface area contributed by atoms with Gasteiger partial charge in [-0.1, -0.05) is 0 Å². The summed E-state index contributed by atoms with van der Waals surface area (Å²) in [5.41, 5.74) is 12.4. The largest absolute Gasteiger partial charge is 0.396 e. The minimum atomic E-state index is -0.466. The van der Waals surface area contributed by atoms with Crippen LogP contribution in [0.4, 0.5) is 11.5 Å². The number of pyridine rings is 1. The van der Waals surface area contributed by atoms with Crippen LogP contribution in [0.5, 0.6) is 0 Å². The summed E-state index contributed by atoms with van der Waals surface area (Å²) >= 11 is 0. The Kier molecular flexibility index (Phi) is 2.71. The van der Waals surface area contributed by atoms with Gasteiger partial charge in [-0.2, -0.15) is 0 Å². The van der Waals surface area contributed by atoms with Crippen LogP contribution in [0.15, 0.2) is 12.3 Å². The molecule has 90 valence electrons. The molecule has 0 spiro atoms. The number of amides is 2. The maximum Gasteiger partial charge on any atom is 0.229 e. The molecule has 6 nitrogen and oxygen atoms in total. The van der Waals surface area contributed by atoms with E-state index in [2.05, 4.69) is 4.98 Å². The zero-order valence-corrected chi connectivity index (χ0v) is 9.51. The molecule has 1 fully saturated rings. The van der Waals surface area contributed by atoms with E-state index in [4.69, 9.17) is 11.5 Å². The van der Waals surface area contributed by atoms with Crippen molar-refractivity contribution in [3.63, 3.8) is 0 Å². The predicted molar refractivity (Wildman–Crippen MR) is 63.0 cm³/mol. The SMILES string of the molecule is Cc1ccnc(N2CC(C(N)=O)CC2=O)c1N. The molecule has 0 bridgehead atoms. The molecule has 4 N–H and O–H groups in total. The van der Waals surface area contributed by atoms with Crippen LogP contribution in [0.25, 0.3) is 0 Å². The molecule has 2 rings (SSSR count). The summed E-state index contributed by atoms with van der Waals surface area (Å²) < 4.78 is 0. The first-order valence-corrected chi connectivity index (χ1v) is 5.31. The Bertz CT molecular complexity index is 486. The number of nitrogens with zero attached hydrogens (tertiary/aromatic N) is 2. The normalized spacial score (nSPS) is 19.7. The first-order valence-electron chi connectivity index (χ1n) is 5.31. The van der Waals surface area contributed by atoms with Crippen molar-refractivity contribution in [1.82, 2.24) is 4.98 Å². The topological polar surface area (TPSA) is 102 Å². The third-order valence-corrected chi connectivity index (χ3v) is 2.97. The fourth-order valence-electron chi connectivity index (χ4n) is 1.87. The molecule has 1 aromatic heterocycles. The van der Waals surface area contributed by atoms with Crippen molar-refractivity contribution in [1.29, 1.82) is 0 Å². The Morgan fingerprint density at radius 1 is 1.59 bits per heavy atom. The molecule has 1 saturated heterocycles. The van der Waals surface area contributed by atoms with Gasteiger partial charge in [0.15, 0.2) is 5.82 Å². The molecule has 1 aromatic rings. The number of aromatic nitrogens is 1. The van der Waals surface area contributed by atoms with E-state index in [9.17, 15) is 9.59 Å². The van der Waals surface area contributed by atoms with Gasteiger partial charge in [0, 0.05) is 19.2 Å². The van der Waals surface area contributed by atoms with Crippen molar-refractivity contribution in [3.05, 3.63) is 17.8 Å². The van der Waals surface area contributed by atoms with Gasteiger partial charge >= 0.3 is 0 Å². The van der Waals surface area contributed by atoms with E-state index in [1.807, 2.05) is 6.92 Å². The van der Waals surface area contributed by atoms with Crippen LogP contribution in [-0.4, -0.2) is 23.3 Å². The molecular weight excluding hydrogens is 220 g/mol. The molecule has 6 heteroatoms. The lowest BCUT2D eigenvalue weighted by Crippen LogP contribution is -2.29. The lowest BCUT2D eigenvalue weighted by atomic mass is 10.1. The zero-order valence-electron chi connectivity index (χ0n) is 9.51.